The molecule has 1 heterocycles. The van der Waals surface area contributed by atoms with Crippen LogP contribution in [0, 0.1) is 12.3 Å². The Hall–Kier alpha value is -0.570. The third-order valence-corrected chi connectivity index (χ3v) is 4.86. The molecular weight excluding hydrogens is 236 g/mol. The van der Waals surface area contributed by atoms with Gasteiger partial charge in [-0.3, -0.25) is 0 Å². The molecule has 4 nitrogen and oxygen atoms in total. The molecule has 98 valence electrons. The summed E-state index contributed by atoms with van der Waals surface area (Å²) in [5, 5.41) is 0. The molecule has 0 aromatic heterocycles. The number of terminal acetylenes is 1. The van der Waals surface area contributed by atoms with Crippen molar-refractivity contribution < 1.29 is 8.42 Å². The van der Waals surface area contributed by atoms with Gasteiger partial charge in [0.2, 0.25) is 0 Å². The van der Waals surface area contributed by atoms with Gasteiger partial charge in [-0.15, -0.1) is 6.42 Å². The van der Waals surface area contributed by atoms with Crippen LogP contribution < -0.4 is 4.72 Å². The van der Waals surface area contributed by atoms with Crippen LogP contribution in [0.25, 0.3) is 0 Å². The van der Waals surface area contributed by atoms with Gasteiger partial charge in [-0.05, 0) is 26.2 Å². The highest BCUT2D eigenvalue weighted by atomic mass is 32.2. The second kappa shape index (κ2) is 6.39. The Morgan fingerprint density at radius 3 is 2.76 bits per heavy atom. The van der Waals surface area contributed by atoms with E-state index in [1.54, 1.807) is 0 Å². The molecule has 2 unspecified atom stereocenters. The van der Waals surface area contributed by atoms with Crippen molar-refractivity contribution in [2.75, 3.05) is 6.54 Å². The van der Waals surface area contributed by atoms with Crippen molar-refractivity contribution in [3.05, 3.63) is 0 Å². The van der Waals surface area contributed by atoms with Crippen molar-refractivity contribution in [3.63, 3.8) is 0 Å². The van der Waals surface area contributed by atoms with E-state index in [2.05, 4.69) is 10.6 Å². The molecule has 0 bridgehead atoms. The standard InChI is InChI=1S/C12H22N2O2S/c1-4-8-12(5-2)13-17(15,16)14-10-7-6-9-11(14)3/h2,11-13H,4,6-10H2,1,3H3. The van der Waals surface area contributed by atoms with E-state index < -0.39 is 10.2 Å². The summed E-state index contributed by atoms with van der Waals surface area (Å²) in [6, 6.07) is -0.319. The molecule has 1 fully saturated rings. The first kappa shape index (κ1) is 14.5. The van der Waals surface area contributed by atoms with Crippen molar-refractivity contribution in [1.82, 2.24) is 9.03 Å². The molecule has 0 radical (unpaired) electrons. The lowest BCUT2D eigenvalue weighted by atomic mass is 10.1. The van der Waals surface area contributed by atoms with Crippen LogP contribution in [0.1, 0.15) is 46.0 Å². The van der Waals surface area contributed by atoms with Crippen molar-refractivity contribution in [2.45, 2.75) is 58.0 Å². The summed E-state index contributed by atoms with van der Waals surface area (Å²) in [4.78, 5) is 0. The molecule has 0 aromatic carbocycles. The van der Waals surface area contributed by atoms with Crippen molar-refractivity contribution in [3.8, 4) is 12.3 Å². The summed E-state index contributed by atoms with van der Waals surface area (Å²) in [7, 11) is -3.43. The van der Waals surface area contributed by atoms with Gasteiger partial charge in [0, 0.05) is 12.6 Å². The summed E-state index contributed by atoms with van der Waals surface area (Å²) in [6.45, 7) is 4.53. The van der Waals surface area contributed by atoms with E-state index in [0.29, 0.717) is 13.0 Å². The van der Waals surface area contributed by atoms with E-state index in [0.717, 1.165) is 25.7 Å². The van der Waals surface area contributed by atoms with E-state index in [9.17, 15) is 8.42 Å². The quantitative estimate of drug-likeness (QED) is 0.760. The molecule has 1 rings (SSSR count). The minimum Gasteiger partial charge on any atom is -0.195 e. The van der Waals surface area contributed by atoms with Gasteiger partial charge < -0.3 is 0 Å². The first-order valence-electron chi connectivity index (χ1n) is 6.26. The fraction of sp³-hybridized carbons (Fsp3) is 0.833. The molecule has 2 atom stereocenters. The number of nitrogens with zero attached hydrogens (tertiary/aromatic N) is 1. The van der Waals surface area contributed by atoms with Crippen molar-refractivity contribution in [2.24, 2.45) is 0 Å². The second-order valence-corrected chi connectivity index (χ2v) is 6.24. The Kier molecular flexibility index (Phi) is 5.44. The molecule has 1 aliphatic rings. The average Bonchev–Trinajstić information content (AvgIpc) is 2.28. The number of hydrogen-bond acceptors (Lipinski definition) is 2. The maximum atomic E-state index is 12.2. The van der Waals surface area contributed by atoms with Crippen LogP contribution in [0.2, 0.25) is 0 Å². The molecular formula is C12H22N2O2S. The van der Waals surface area contributed by atoms with E-state index in [1.165, 1.54) is 4.31 Å². The van der Waals surface area contributed by atoms with Crippen LogP contribution in [0.5, 0.6) is 0 Å². The van der Waals surface area contributed by atoms with Gasteiger partial charge in [0.15, 0.2) is 0 Å². The molecule has 0 aliphatic carbocycles. The summed E-state index contributed by atoms with van der Waals surface area (Å²) in [5.74, 6) is 2.50. The predicted molar refractivity (Wildman–Crippen MR) is 69.6 cm³/mol. The van der Waals surface area contributed by atoms with Crippen LogP contribution in [0.3, 0.4) is 0 Å². The van der Waals surface area contributed by atoms with Crippen molar-refractivity contribution >= 4 is 10.2 Å². The third-order valence-electron chi connectivity index (χ3n) is 3.12. The van der Waals surface area contributed by atoms with Crippen LogP contribution in [0.15, 0.2) is 0 Å². The first-order valence-corrected chi connectivity index (χ1v) is 7.70. The monoisotopic (exact) mass is 258 g/mol. The minimum atomic E-state index is -3.43. The number of rotatable bonds is 5. The van der Waals surface area contributed by atoms with Gasteiger partial charge in [-0.2, -0.15) is 17.4 Å². The maximum Gasteiger partial charge on any atom is 0.280 e. The molecule has 0 aromatic rings. The highest BCUT2D eigenvalue weighted by molar-refractivity contribution is 7.87. The Morgan fingerprint density at radius 2 is 2.24 bits per heavy atom. The summed E-state index contributed by atoms with van der Waals surface area (Å²) in [6.07, 6.45) is 9.84. The molecule has 0 spiro atoms. The molecule has 0 amide bonds. The lowest BCUT2D eigenvalue weighted by Crippen LogP contribution is -2.50. The maximum absolute atomic E-state index is 12.2. The zero-order valence-electron chi connectivity index (χ0n) is 10.6. The zero-order valence-corrected chi connectivity index (χ0v) is 11.5. The van der Waals surface area contributed by atoms with Crippen LogP contribution in [-0.4, -0.2) is 31.4 Å². The van der Waals surface area contributed by atoms with E-state index >= 15 is 0 Å². The lowest BCUT2D eigenvalue weighted by Gasteiger charge is -2.33. The highest BCUT2D eigenvalue weighted by Gasteiger charge is 2.30. The Balaban J connectivity index is 2.70. The van der Waals surface area contributed by atoms with Crippen molar-refractivity contribution in [1.29, 1.82) is 0 Å². The highest BCUT2D eigenvalue weighted by Crippen LogP contribution is 2.19. The van der Waals surface area contributed by atoms with Gasteiger partial charge in [-0.25, -0.2) is 0 Å². The van der Waals surface area contributed by atoms with Crippen LogP contribution >= 0.6 is 0 Å². The normalized spacial score (nSPS) is 24.2. The minimum absolute atomic E-state index is 0.0706. The zero-order chi connectivity index (χ0) is 12.9. The summed E-state index contributed by atoms with van der Waals surface area (Å²) < 4.78 is 28.5. The average molecular weight is 258 g/mol. The molecule has 1 saturated heterocycles. The first-order chi connectivity index (χ1) is 8.01. The van der Waals surface area contributed by atoms with E-state index in [-0.39, 0.29) is 12.1 Å². The van der Waals surface area contributed by atoms with Crippen LogP contribution in [0.4, 0.5) is 0 Å². The third kappa shape index (κ3) is 3.98. The number of nitrogens with one attached hydrogen (secondary N) is 1. The fourth-order valence-electron chi connectivity index (χ4n) is 2.14. The smallest absolute Gasteiger partial charge is 0.195 e. The topological polar surface area (TPSA) is 49.4 Å². The van der Waals surface area contributed by atoms with E-state index in [4.69, 9.17) is 6.42 Å². The largest absolute Gasteiger partial charge is 0.280 e. The molecule has 1 N–H and O–H groups in total. The SMILES string of the molecule is C#CC(CCC)NS(=O)(=O)N1CCCCC1C. The number of hydrogen-bond donors (Lipinski definition) is 1. The molecule has 1 aliphatic heterocycles. The van der Waals surface area contributed by atoms with Gasteiger partial charge in [0.05, 0.1) is 6.04 Å². The lowest BCUT2D eigenvalue weighted by molar-refractivity contribution is 0.264. The van der Waals surface area contributed by atoms with Gasteiger partial charge >= 0.3 is 0 Å². The van der Waals surface area contributed by atoms with Crippen LogP contribution in [-0.2, 0) is 10.2 Å². The Morgan fingerprint density at radius 1 is 1.53 bits per heavy atom. The summed E-state index contributed by atoms with van der Waals surface area (Å²) in [5.41, 5.74) is 0. The number of piperidine rings is 1. The van der Waals surface area contributed by atoms with Gasteiger partial charge in [0.25, 0.3) is 10.2 Å². The molecule has 5 heteroatoms. The Labute approximate surface area is 105 Å². The van der Waals surface area contributed by atoms with Gasteiger partial charge in [-0.1, -0.05) is 25.7 Å². The van der Waals surface area contributed by atoms with Gasteiger partial charge in [0.1, 0.15) is 0 Å². The predicted octanol–water partition coefficient (Wildman–Crippen LogP) is 1.50. The second-order valence-electron chi connectivity index (χ2n) is 4.59. The Bertz CT molecular complexity index is 372. The van der Waals surface area contributed by atoms with E-state index in [1.807, 2.05) is 13.8 Å². The summed E-state index contributed by atoms with van der Waals surface area (Å²) >= 11 is 0. The fourth-order valence-corrected chi connectivity index (χ4v) is 3.77. The molecule has 17 heavy (non-hydrogen) atoms. The molecule has 0 saturated carbocycles.